The summed E-state index contributed by atoms with van der Waals surface area (Å²) in [6.45, 7) is 2.60. The number of carbonyl (C=O) groups is 1. The van der Waals surface area contributed by atoms with Crippen LogP contribution in [0.3, 0.4) is 0 Å². The van der Waals surface area contributed by atoms with E-state index in [0.717, 1.165) is 56.3 Å². The van der Waals surface area contributed by atoms with Crippen LogP contribution in [0.1, 0.15) is 50.5 Å². The smallest absolute Gasteiger partial charge is 0.139 e. The van der Waals surface area contributed by atoms with Gasteiger partial charge in [0.2, 0.25) is 0 Å². The van der Waals surface area contributed by atoms with Crippen LogP contribution in [-0.2, 0) is 16.1 Å². The Morgan fingerprint density at radius 2 is 1.46 bits per heavy atom. The molecule has 2 unspecified atom stereocenters. The normalized spacial score (nSPS) is 44.6. The number of fused-ring (bicyclic) bond motifs is 2. The van der Waals surface area contributed by atoms with Gasteiger partial charge in [0.1, 0.15) is 5.78 Å². The van der Waals surface area contributed by atoms with Crippen LogP contribution in [0, 0.1) is 35.5 Å². The number of hydrogen-bond donors (Lipinski definition) is 0. The monoisotopic (exact) mass is 379 g/mol. The van der Waals surface area contributed by atoms with E-state index < -0.39 is 0 Å². The van der Waals surface area contributed by atoms with Crippen LogP contribution in [0.25, 0.3) is 0 Å². The first-order valence-electron chi connectivity index (χ1n) is 11.7. The minimum atomic E-state index is 0.286. The summed E-state index contributed by atoms with van der Waals surface area (Å²) in [5.74, 6) is 4.70. The summed E-state index contributed by atoms with van der Waals surface area (Å²) in [5, 5.41) is 0. The fourth-order valence-corrected chi connectivity index (χ4v) is 7.94. The van der Waals surface area contributed by atoms with E-state index in [1.807, 2.05) is 0 Å². The molecule has 6 bridgehead atoms. The van der Waals surface area contributed by atoms with E-state index in [2.05, 4.69) is 35.2 Å². The maximum atomic E-state index is 13.7. The number of nitrogens with zero attached hydrogens (tertiary/aromatic N) is 1. The van der Waals surface area contributed by atoms with Gasteiger partial charge in [-0.1, -0.05) is 30.3 Å². The molecular formula is C25H33NO2. The van der Waals surface area contributed by atoms with Crippen LogP contribution in [0.5, 0.6) is 0 Å². The number of morpholine rings is 1. The maximum absolute atomic E-state index is 13.7. The molecule has 7 rings (SSSR count). The van der Waals surface area contributed by atoms with E-state index in [9.17, 15) is 4.79 Å². The first-order chi connectivity index (χ1) is 13.7. The summed E-state index contributed by atoms with van der Waals surface area (Å²) >= 11 is 0. The van der Waals surface area contributed by atoms with Gasteiger partial charge < -0.3 is 4.74 Å². The molecule has 3 nitrogen and oxygen atoms in total. The van der Waals surface area contributed by atoms with Crippen molar-refractivity contribution < 1.29 is 9.53 Å². The zero-order chi connectivity index (χ0) is 18.7. The molecule has 4 aliphatic carbocycles. The first-order valence-corrected chi connectivity index (χ1v) is 11.7. The molecule has 150 valence electrons. The van der Waals surface area contributed by atoms with Crippen LogP contribution in [0.2, 0.25) is 0 Å². The lowest BCUT2D eigenvalue weighted by atomic mass is 9.50. The van der Waals surface area contributed by atoms with Crippen molar-refractivity contribution in [3.05, 3.63) is 35.9 Å². The molecule has 0 spiro atoms. The van der Waals surface area contributed by atoms with E-state index in [0.29, 0.717) is 23.8 Å². The molecule has 1 aromatic rings. The van der Waals surface area contributed by atoms with Crippen LogP contribution < -0.4 is 0 Å². The fourth-order valence-electron chi connectivity index (χ4n) is 7.94. The number of piperidine rings is 1. The number of carbonyl (C=O) groups excluding carboxylic acids is 1. The Morgan fingerprint density at radius 3 is 2.07 bits per heavy atom. The maximum Gasteiger partial charge on any atom is 0.139 e. The molecule has 2 heterocycles. The number of ketones is 1. The van der Waals surface area contributed by atoms with Crippen LogP contribution in [0.4, 0.5) is 0 Å². The minimum absolute atomic E-state index is 0.286. The molecule has 3 heteroatoms. The van der Waals surface area contributed by atoms with E-state index in [1.165, 1.54) is 37.7 Å². The van der Waals surface area contributed by atoms with E-state index in [1.54, 1.807) is 0 Å². The lowest BCUT2D eigenvalue weighted by Gasteiger charge is -2.55. The molecule has 0 N–H and O–H groups in total. The third kappa shape index (κ3) is 2.97. The summed E-state index contributed by atoms with van der Waals surface area (Å²) in [4.78, 5) is 16.4. The zero-order valence-electron chi connectivity index (χ0n) is 16.8. The Bertz CT molecular complexity index is 689. The fraction of sp³-hybridized carbons (Fsp3) is 0.720. The van der Waals surface area contributed by atoms with Crippen molar-refractivity contribution in [3.63, 3.8) is 0 Å². The quantitative estimate of drug-likeness (QED) is 0.781. The largest absolute Gasteiger partial charge is 0.378 e. The second-order valence-electron chi connectivity index (χ2n) is 10.5. The Balaban J connectivity index is 1.18. The van der Waals surface area contributed by atoms with Gasteiger partial charge in [0.25, 0.3) is 0 Å². The van der Waals surface area contributed by atoms with Crippen molar-refractivity contribution in [3.8, 4) is 0 Å². The molecule has 6 fully saturated rings. The lowest BCUT2D eigenvalue weighted by Crippen LogP contribution is -2.58. The summed E-state index contributed by atoms with van der Waals surface area (Å²) in [7, 11) is 0. The molecule has 2 saturated heterocycles. The number of Topliss-reactive ketones (excluding diaryl/α,β-unsaturated/α-hetero) is 1. The highest BCUT2D eigenvalue weighted by Gasteiger charge is 2.53. The molecule has 1 aromatic carbocycles. The van der Waals surface area contributed by atoms with Gasteiger partial charge >= 0.3 is 0 Å². The van der Waals surface area contributed by atoms with Gasteiger partial charge in [0.15, 0.2) is 0 Å². The van der Waals surface area contributed by atoms with Gasteiger partial charge in [0.05, 0.1) is 13.2 Å². The van der Waals surface area contributed by atoms with Gasteiger partial charge in [-0.15, -0.1) is 0 Å². The summed E-state index contributed by atoms with van der Waals surface area (Å²) in [6, 6.07) is 11.6. The standard InChI is InChI=1S/C25H33NO2/c27-25(24-19-7-17-6-18(9-19)10-20(24)8-17)21-11-22-14-28-15-23(12-21)26(22)13-16-4-2-1-3-5-16/h1-5,17-24H,6-15H2. The van der Waals surface area contributed by atoms with Crippen molar-refractivity contribution >= 4 is 5.78 Å². The van der Waals surface area contributed by atoms with Crippen LogP contribution in [0.15, 0.2) is 30.3 Å². The molecule has 2 aliphatic heterocycles. The minimum Gasteiger partial charge on any atom is -0.378 e. The molecule has 0 radical (unpaired) electrons. The number of ether oxygens (including phenoxy) is 1. The highest BCUT2D eigenvalue weighted by atomic mass is 16.5. The highest BCUT2D eigenvalue weighted by Crippen LogP contribution is 2.57. The molecule has 6 aliphatic rings. The summed E-state index contributed by atoms with van der Waals surface area (Å²) in [5.41, 5.74) is 1.38. The van der Waals surface area contributed by atoms with E-state index >= 15 is 0 Å². The lowest BCUT2D eigenvalue weighted by molar-refractivity contribution is -0.149. The van der Waals surface area contributed by atoms with Gasteiger partial charge in [-0.05, 0) is 74.2 Å². The summed E-state index contributed by atoms with van der Waals surface area (Å²) in [6.07, 6.45) is 8.92. The predicted molar refractivity (Wildman–Crippen MR) is 109 cm³/mol. The average Bonchev–Trinajstić information content (AvgIpc) is 2.67. The van der Waals surface area contributed by atoms with Gasteiger partial charge in [-0.2, -0.15) is 0 Å². The number of benzene rings is 1. The van der Waals surface area contributed by atoms with Gasteiger partial charge in [-0.3, -0.25) is 9.69 Å². The van der Waals surface area contributed by atoms with E-state index in [-0.39, 0.29) is 5.92 Å². The summed E-state index contributed by atoms with van der Waals surface area (Å²) < 4.78 is 5.92. The molecule has 0 amide bonds. The molecular weight excluding hydrogens is 346 g/mol. The Labute approximate surface area is 168 Å². The molecule has 2 atom stereocenters. The predicted octanol–water partition coefficient (Wildman–Crippen LogP) is 4.31. The zero-order valence-corrected chi connectivity index (χ0v) is 16.8. The second kappa shape index (κ2) is 6.95. The topological polar surface area (TPSA) is 29.5 Å². The Kier molecular flexibility index (Phi) is 4.38. The van der Waals surface area contributed by atoms with Crippen molar-refractivity contribution in [1.29, 1.82) is 0 Å². The molecule has 28 heavy (non-hydrogen) atoms. The van der Waals surface area contributed by atoms with Gasteiger partial charge in [-0.25, -0.2) is 0 Å². The van der Waals surface area contributed by atoms with Crippen molar-refractivity contribution in [2.45, 2.75) is 63.6 Å². The Hall–Kier alpha value is -1.19. The molecule has 0 aromatic heterocycles. The van der Waals surface area contributed by atoms with Crippen molar-refractivity contribution in [2.24, 2.45) is 35.5 Å². The Morgan fingerprint density at radius 1 is 0.857 bits per heavy atom. The van der Waals surface area contributed by atoms with Crippen molar-refractivity contribution in [2.75, 3.05) is 13.2 Å². The third-order valence-corrected chi connectivity index (χ3v) is 8.84. The highest BCUT2D eigenvalue weighted by molar-refractivity contribution is 5.84. The SMILES string of the molecule is O=C(C1CC2COCC(C1)N2Cc1ccccc1)C1C2CC3CC(C2)CC1C3. The number of hydrogen-bond acceptors (Lipinski definition) is 3. The van der Waals surface area contributed by atoms with Crippen LogP contribution in [-0.4, -0.2) is 36.0 Å². The van der Waals surface area contributed by atoms with Crippen molar-refractivity contribution in [1.82, 2.24) is 4.90 Å². The number of rotatable bonds is 4. The third-order valence-electron chi connectivity index (χ3n) is 8.84. The van der Waals surface area contributed by atoms with E-state index in [4.69, 9.17) is 4.74 Å². The molecule has 4 saturated carbocycles. The first kappa shape index (κ1) is 17.7. The average molecular weight is 380 g/mol. The van der Waals surface area contributed by atoms with Gasteiger partial charge in [0, 0.05) is 30.5 Å². The second-order valence-corrected chi connectivity index (χ2v) is 10.5. The van der Waals surface area contributed by atoms with Crippen LogP contribution >= 0.6 is 0 Å².